The summed E-state index contributed by atoms with van der Waals surface area (Å²) in [5.41, 5.74) is 10.1. The number of alkyl carbamates (subject to hydrolysis) is 1. The van der Waals surface area contributed by atoms with Gasteiger partial charge in [0.25, 0.3) is 6.47 Å². The number of carbonyl (C=O) groups is 3. The van der Waals surface area contributed by atoms with Crippen LogP contribution in [-0.4, -0.2) is 72.7 Å². The van der Waals surface area contributed by atoms with E-state index in [0.29, 0.717) is 38.2 Å². The molecule has 1 aromatic rings. The second-order valence-electron chi connectivity index (χ2n) is 14.4. The van der Waals surface area contributed by atoms with Crippen LogP contribution >= 0.6 is 0 Å². The summed E-state index contributed by atoms with van der Waals surface area (Å²) in [6.45, 7) is 23.0. The van der Waals surface area contributed by atoms with Crippen LogP contribution in [0.3, 0.4) is 0 Å². The average Bonchev–Trinajstić information content (AvgIpc) is 2.93. The first-order valence-electron chi connectivity index (χ1n) is 16.6. The van der Waals surface area contributed by atoms with Crippen LogP contribution in [0.4, 0.5) is 9.59 Å². The van der Waals surface area contributed by atoms with Gasteiger partial charge in [0, 0.05) is 24.3 Å². The minimum Gasteiger partial charge on any atom is -0.487 e. The van der Waals surface area contributed by atoms with E-state index in [0.717, 1.165) is 28.9 Å². The normalized spacial score (nSPS) is 19.6. The van der Waals surface area contributed by atoms with Crippen LogP contribution in [0.5, 0.6) is 5.75 Å². The number of nitrogens with one attached hydrogen (secondary N) is 2. The molecule has 1 aliphatic carbocycles. The van der Waals surface area contributed by atoms with Crippen LogP contribution in [0.2, 0.25) is 0 Å². The number of aliphatic imine (C=N–C) groups is 1. The van der Waals surface area contributed by atoms with E-state index < -0.39 is 29.5 Å². The summed E-state index contributed by atoms with van der Waals surface area (Å²) in [6.07, 6.45) is 1.08. The zero-order chi connectivity index (χ0) is 36.9. The van der Waals surface area contributed by atoms with Crippen LogP contribution in [0.1, 0.15) is 119 Å². The number of rotatable bonds is 9. The minimum absolute atomic E-state index is 0.0164. The number of hydrogen-bond acceptors (Lipinski definition) is 10. The fourth-order valence-corrected chi connectivity index (χ4v) is 4.66. The molecule has 3 rings (SSSR count). The molecule has 0 radical (unpaired) electrons. The van der Waals surface area contributed by atoms with Gasteiger partial charge in [0.15, 0.2) is 0 Å². The van der Waals surface area contributed by atoms with Crippen molar-refractivity contribution in [3.05, 3.63) is 28.8 Å². The number of hydrogen-bond donors (Lipinski definition) is 3. The highest BCUT2D eigenvalue weighted by molar-refractivity contribution is 5.99. The number of nitrogens with two attached hydrogens (primary N) is 1. The third-order valence-electron chi connectivity index (χ3n) is 6.72. The molecule has 0 aromatic heterocycles. The molecule has 2 amide bonds. The van der Waals surface area contributed by atoms with E-state index in [1.807, 2.05) is 74.4 Å². The molecule has 1 heterocycles. The molecule has 0 saturated heterocycles. The number of ether oxygens (including phenoxy) is 5. The Morgan fingerprint density at radius 1 is 1.00 bits per heavy atom. The summed E-state index contributed by atoms with van der Waals surface area (Å²) in [7, 11) is 1.64. The van der Waals surface area contributed by atoms with Crippen molar-refractivity contribution < 1.29 is 42.9 Å². The highest BCUT2D eigenvalue weighted by Crippen LogP contribution is 2.35. The Bertz CT molecular complexity index is 1210. The van der Waals surface area contributed by atoms with E-state index in [-0.39, 0.29) is 23.8 Å². The van der Waals surface area contributed by atoms with Gasteiger partial charge >= 0.3 is 12.2 Å². The molecule has 1 saturated carbocycles. The first-order chi connectivity index (χ1) is 22.2. The Morgan fingerprint density at radius 3 is 2.08 bits per heavy atom. The van der Waals surface area contributed by atoms with Crippen LogP contribution in [0.15, 0.2) is 17.1 Å². The van der Waals surface area contributed by atoms with Gasteiger partial charge in [-0.1, -0.05) is 13.8 Å². The van der Waals surface area contributed by atoms with Crippen molar-refractivity contribution in [2.75, 3.05) is 7.11 Å². The Labute approximate surface area is 286 Å². The van der Waals surface area contributed by atoms with Crippen molar-refractivity contribution >= 4 is 24.5 Å². The SMILES string of the molecule is CC.CC(C)(C)OC=O.COCc1c(C(N)=NC2CC(NC(=O)OC(C)(C)C)C2)ccc2c1CCC(C(C)ONC(=O)OC(C)(C)C)O2. The van der Waals surface area contributed by atoms with Gasteiger partial charge in [-0.05, 0) is 113 Å². The molecule has 13 heteroatoms. The van der Waals surface area contributed by atoms with Gasteiger partial charge in [0.1, 0.15) is 40.6 Å². The fraction of sp³-hybridized carbons (Fsp3) is 0.714. The molecule has 13 nitrogen and oxygen atoms in total. The molecule has 0 bridgehead atoms. The summed E-state index contributed by atoms with van der Waals surface area (Å²) in [6, 6.07) is 3.82. The first-order valence-corrected chi connectivity index (χ1v) is 16.6. The zero-order valence-corrected chi connectivity index (χ0v) is 31.3. The number of methoxy groups -OCH3 is 1. The number of benzene rings is 1. The maximum atomic E-state index is 12.0. The number of fused-ring (bicyclic) bond motifs is 1. The van der Waals surface area contributed by atoms with Crippen molar-refractivity contribution in [2.24, 2.45) is 10.7 Å². The van der Waals surface area contributed by atoms with E-state index in [1.54, 1.807) is 27.9 Å². The highest BCUT2D eigenvalue weighted by atomic mass is 16.7. The van der Waals surface area contributed by atoms with Crippen molar-refractivity contribution in [2.45, 2.75) is 156 Å². The maximum Gasteiger partial charge on any atom is 0.431 e. The number of amidine groups is 1. The summed E-state index contributed by atoms with van der Waals surface area (Å²) in [4.78, 5) is 43.7. The lowest BCUT2D eigenvalue weighted by Gasteiger charge is -2.34. The molecule has 1 aliphatic heterocycles. The quantitative estimate of drug-likeness (QED) is 0.0909. The van der Waals surface area contributed by atoms with Gasteiger partial charge in [-0.25, -0.2) is 9.59 Å². The fourth-order valence-electron chi connectivity index (χ4n) is 4.66. The molecular formula is C35H60N4O9. The molecule has 2 unspecified atom stereocenters. The van der Waals surface area contributed by atoms with E-state index in [9.17, 15) is 14.4 Å². The van der Waals surface area contributed by atoms with Gasteiger partial charge in [0.05, 0.1) is 12.6 Å². The third-order valence-corrected chi connectivity index (χ3v) is 6.72. The molecule has 48 heavy (non-hydrogen) atoms. The van der Waals surface area contributed by atoms with Gasteiger partial charge < -0.3 is 34.7 Å². The smallest absolute Gasteiger partial charge is 0.431 e. The van der Waals surface area contributed by atoms with Gasteiger partial charge in [-0.2, -0.15) is 5.48 Å². The minimum atomic E-state index is -0.647. The summed E-state index contributed by atoms with van der Waals surface area (Å²) in [5.74, 6) is 1.17. The lowest BCUT2D eigenvalue weighted by molar-refractivity contribution is -0.138. The predicted octanol–water partition coefficient (Wildman–Crippen LogP) is 6.12. The number of carbonyl (C=O) groups excluding carboxylic acids is 3. The molecule has 2 atom stereocenters. The van der Waals surface area contributed by atoms with Gasteiger partial charge in [0.2, 0.25) is 0 Å². The van der Waals surface area contributed by atoms with Crippen molar-refractivity contribution in [1.82, 2.24) is 10.8 Å². The average molecular weight is 681 g/mol. The first kappa shape index (κ1) is 42.4. The lowest BCUT2D eigenvalue weighted by Crippen LogP contribution is -2.48. The van der Waals surface area contributed by atoms with Gasteiger partial charge in [-0.3, -0.25) is 14.6 Å². The predicted molar refractivity (Wildman–Crippen MR) is 185 cm³/mol. The van der Waals surface area contributed by atoms with Crippen molar-refractivity contribution in [1.29, 1.82) is 0 Å². The largest absolute Gasteiger partial charge is 0.487 e. The van der Waals surface area contributed by atoms with E-state index in [4.69, 9.17) is 34.5 Å². The van der Waals surface area contributed by atoms with Crippen LogP contribution < -0.4 is 21.3 Å². The van der Waals surface area contributed by atoms with Crippen LogP contribution in [0, 0.1) is 0 Å². The Balaban J connectivity index is 0.00000113. The summed E-state index contributed by atoms with van der Waals surface area (Å²) < 4.78 is 26.8. The van der Waals surface area contributed by atoms with E-state index >= 15 is 0 Å². The second kappa shape index (κ2) is 18.8. The monoisotopic (exact) mass is 680 g/mol. The number of amides is 2. The second-order valence-corrected chi connectivity index (χ2v) is 14.4. The molecule has 1 aromatic carbocycles. The Morgan fingerprint density at radius 2 is 1.58 bits per heavy atom. The molecule has 274 valence electrons. The standard InChI is InChI=1S/C28H44N4O7.C5H10O2.C2H6/c1-16(39-32-26(34)38-28(5,6)7)22-11-9-19-21(15-35-8)20(10-12-23(19)36-22)24(29)30-17-13-18(14-17)31-25(33)37-27(2,3)4;1-5(2,3)7-4-6;1-2/h10,12,16-18,22H,9,11,13-15H2,1-8H3,(H2,29,30)(H,31,33)(H,32,34);4H,1-3H3;1-2H3. The Kier molecular flexibility index (Phi) is 16.6. The maximum absolute atomic E-state index is 12.0. The van der Waals surface area contributed by atoms with Crippen molar-refractivity contribution in [3.8, 4) is 5.75 Å². The van der Waals surface area contributed by atoms with Crippen LogP contribution in [-0.2, 0) is 41.6 Å². The highest BCUT2D eigenvalue weighted by Gasteiger charge is 2.33. The molecular weight excluding hydrogens is 620 g/mol. The van der Waals surface area contributed by atoms with Crippen LogP contribution in [0.25, 0.3) is 0 Å². The summed E-state index contributed by atoms with van der Waals surface area (Å²) in [5, 5.41) is 2.88. The number of nitrogens with zero attached hydrogens (tertiary/aromatic N) is 1. The lowest BCUT2D eigenvalue weighted by atomic mass is 9.87. The molecule has 1 fully saturated rings. The molecule has 4 N–H and O–H groups in total. The topological polar surface area (TPSA) is 169 Å². The molecule has 2 aliphatic rings. The van der Waals surface area contributed by atoms with E-state index in [2.05, 4.69) is 15.5 Å². The third kappa shape index (κ3) is 15.5. The number of hydroxylamine groups is 1. The molecule has 0 spiro atoms. The van der Waals surface area contributed by atoms with E-state index in [1.165, 1.54) is 0 Å². The summed E-state index contributed by atoms with van der Waals surface area (Å²) >= 11 is 0. The van der Waals surface area contributed by atoms with Crippen molar-refractivity contribution in [3.63, 3.8) is 0 Å². The Hall–Kier alpha value is -3.58. The zero-order valence-electron chi connectivity index (χ0n) is 31.3. The van der Waals surface area contributed by atoms with Gasteiger partial charge in [-0.15, -0.1) is 0 Å².